The SMILES string of the molecule is COCC#Cc1c(CO)cc2ccccn12. The van der Waals surface area contributed by atoms with E-state index in [0.29, 0.717) is 6.61 Å². The minimum atomic E-state index is -0.00131. The van der Waals surface area contributed by atoms with E-state index in [0.717, 1.165) is 16.8 Å². The zero-order chi connectivity index (χ0) is 11.4. The molecule has 0 saturated carbocycles. The summed E-state index contributed by atoms with van der Waals surface area (Å²) in [6, 6.07) is 7.83. The van der Waals surface area contributed by atoms with Gasteiger partial charge in [-0.25, -0.2) is 0 Å². The van der Waals surface area contributed by atoms with Crippen LogP contribution in [0.2, 0.25) is 0 Å². The van der Waals surface area contributed by atoms with Crippen LogP contribution in [0.1, 0.15) is 11.3 Å². The first-order chi connectivity index (χ1) is 7.86. The van der Waals surface area contributed by atoms with Crippen molar-refractivity contribution in [2.45, 2.75) is 6.61 Å². The van der Waals surface area contributed by atoms with E-state index in [1.807, 2.05) is 34.9 Å². The molecule has 1 N–H and O–H groups in total. The van der Waals surface area contributed by atoms with Crippen LogP contribution in [0.5, 0.6) is 0 Å². The highest BCUT2D eigenvalue weighted by Gasteiger charge is 2.05. The largest absolute Gasteiger partial charge is 0.392 e. The molecule has 0 bridgehead atoms. The molecule has 0 aliphatic heterocycles. The summed E-state index contributed by atoms with van der Waals surface area (Å²) in [5.74, 6) is 5.92. The Hall–Kier alpha value is -1.76. The second-order valence-corrected chi connectivity index (χ2v) is 3.41. The van der Waals surface area contributed by atoms with Gasteiger partial charge >= 0.3 is 0 Å². The molecule has 3 nitrogen and oxygen atoms in total. The Kier molecular flexibility index (Phi) is 3.25. The van der Waals surface area contributed by atoms with Crippen molar-refractivity contribution >= 4 is 5.52 Å². The van der Waals surface area contributed by atoms with Crippen molar-refractivity contribution in [1.82, 2.24) is 4.40 Å². The molecule has 0 atom stereocenters. The maximum absolute atomic E-state index is 9.26. The lowest BCUT2D eigenvalue weighted by atomic mass is 10.2. The lowest BCUT2D eigenvalue weighted by Crippen LogP contribution is -1.91. The monoisotopic (exact) mass is 215 g/mol. The summed E-state index contributed by atoms with van der Waals surface area (Å²) in [5, 5.41) is 9.26. The summed E-state index contributed by atoms with van der Waals surface area (Å²) in [6.45, 7) is 0.392. The zero-order valence-corrected chi connectivity index (χ0v) is 9.10. The van der Waals surface area contributed by atoms with Gasteiger partial charge < -0.3 is 14.2 Å². The zero-order valence-electron chi connectivity index (χ0n) is 9.10. The number of ether oxygens (including phenoxy) is 1. The number of pyridine rings is 1. The summed E-state index contributed by atoms with van der Waals surface area (Å²) in [4.78, 5) is 0. The van der Waals surface area contributed by atoms with Gasteiger partial charge in [-0.05, 0) is 24.1 Å². The van der Waals surface area contributed by atoms with Crippen molar-refractivity contribution in [3.05, 3.63) is 41.7 Å². The van der Waals surface area contributed by atoms with Gasteiger partial charge in [0.05, 0.1) is 6.61 Å². The first-order valence-electron chi connectivity index (χ1n) is 5.04. The third kappa shape index (κ3) is 1.94. The quantitative estimate of drug-likeness (QED) is 0.769. The van der Waals surface area contributed by atoms with Crippen LogP contribution in [0.3, 0.4) is 0 Å². The van der Waals surface area contributed by atoms with Crippen molar-refractivity contribution in [3.8, 4) is 11.8 Å². The minimum Gasteiger partial charge on any atom is -0.392 e. The molecule has 0 amide bonds. The molecule has 0 spiro atoms. The first kappa shape index (κ1) is 10.7. The van der Waals surface area contributed by atoms with Gasteiger partial charge in [-0.1, -0.05) is 12.0 Å². The number of aliphatic hydroxyl groups excluding tert-OH is 1. The number of hydrogen-bond donors (Lipinski definition) is 1. The van der Waals surface area contributed by atoms with Crippen LogP contribution in [0, 0.1) is 11.8 Å². The summed E-state index contributed by atoms with van der Waals surface area (Å²) in [7, 11) is 1.61. The topological polar surface area (TPSA) is 33.9 Å². The first-order valence-corrected chi connectivity index (χ1v) is 5.04. The molecular weight excluding hydrogens is 202 g/mol. The Morgan fingerprint density at radius 1 is 1.44 bits per heavy atom. The van der Waals surface area contributed by atoms with Crippen molar-refractivity contribution < 1.29 is 9.84 Å². The Bertz CT molecular complexity index is 546. The Labute approximate surface area is 94.3 Å². The van der Waals surface area contributed by atoms with Gasteiger partial charge in [0.2, 0.25) is 0 Å². The van der Waals surface area contributed by atoms with Crippen LogP contribution in [0.4, 0.5) is 0 Å². The fourth-order valence-electron chi connectivity index (χ4n) is 1.63. The number of fused-ring (bicyclic) bond motifs is 1. The molecular formula is C13H13NO2. The van der Waals surface area contributed by atoms with Gasteiger partial charge in [0.25, 0.3) is 0 Å². The summed E-state index contributed by atoms with van der Waals surface area (Å²) in [5.41, 5.74) is 2.71. The van der Waals surface area contributed by atoms with E-state index in [1.54, 1.807) is 7.11 Å². The number of aliphatic hydroxyl groups is 1. The van der Waals surface area contributed by atoms with Crippen LogP contribution in [0.15, 0.2) is 30.5 Å². The molecule has 0 unspecified atom stereocenters. The number of methoxy groups -OCH3 is 1. The fraction of sp³-hybridized carbons (Fsp3) is 0.231. The lowest BCUT2D eigenvalue weighted by Gasteiger charge is -1.96. The van der Waals surface area contributed by atoms with E-state index >= 15 is 0 Å². The molecule has 0 radical (unpaired) electrons. The molecule has 2 aromatic heterocycles. The van der Waals surface area contributed by atoms with Gasteiger partial charge in [-0.2, -0.15) is 0 Å². The molecule has 2 aromatic rings. The highest BCUT2D eigenvalue weighted by Crippen LogP contribution is 2.15. The molecule has 16 heavy (non-hydrogen) atoms. The lowest BCUT2D eigenvalue weighted by molar-refractivity contribution is 0.239. The molecule has 0 saturated heterocycles. The average Bonchev–Trinajstić information content (AvgIpc) is 2.68. The van der Waals surface area contributed by atoms with E-state index in [2.05, 4.69) is 11.8 Å². The van der Waals surface area contributed by atoms with Gasteiger partial charge in [-0.3, -0.25) is 0 Å². The van der Waals surface area contributed by atoms with Crippen LogP contribution in [-0.4, -0.2) is 23.2 Å². The molecule has 0 aromatic carbocycles. The number of rotatable bonds is 2. The Morgan fingerprint density at radius 3 is 3.06 bits per heavy atom. The van der Waals surface area contributed by atoms with Crippen molar-refractivity contribution in [2.24, 2.45) is 0 Å². The van der Waals surface area contributed by atoms with Crippen molar-refractivity contribution in [2.75, 3.05) is 13.7 Å². The maximum Gasteiger partial charge on any atom is 0.107 e. The van der Waals surface area contributed by atoms with Gasteiger partial charge in [0, 0.05) is 24.4 Å². The number of hydrogen-bond acceptors (Lipinski definition) is 2. The third-order valence-corrected chi connectivity index (χ3v) is 2.35. The molecule has 0 aliphatic carbocycles. The second kappa shape index (κ2) is 4.84. The fourth-order valence-corrected chi connectivity index (χ4v) is 1.63. The van der Waals surface area contributed by atoms with E-state index in [-0.39, 0.29) is 6.61 Å². The van der Waals surface area contributed by atoms with Crippen LogP contribution in [0.25, 0.3) is 5.52 Å². The van der Waals surface area contributed by atoms with Gasteiger partial charge in [0.1, 0.15) is 12.3 Å². The molecule has 0 aliphatic rings. The van der Waals surface area contributed by atoms with Gasteiger partial charge in [-0.15, -0.1) is 0 Å². The van der Waals surface area contributed by atoms with Crippen LogP contribution >= 0.6 is 0 Å². The van der Waals surface area contributed by atoms with Gasteiger partial charge in [0.15, 0.2) is 0 Å². The van der Waals surface area contributed by atoms with Crippen molar-refractivity contribution in [1.29, 1.82) is 0 Å². The predicted molar refractivity (Wildman–Crippen MR) is 62.1 cm³/mol. The standard InChI is InChI=1S/C13H13NO2/c1-16-8-4-6-13-11(10-15)9-12-5-2-3-7-14(12)13/h2-3,5,7,9,15H,8,10H2,1H3. The smallest absolute Gasteiger partial charge is 0.107 e. The molecule has 3 heteroatoms. The number of nitrogens with zero attached hydrogens (tertiary/aromatic N) is 1. The van der Waals surface area contributed by atoms with E-state index in [4.69, 9.17) is 4.74 Å². The average molecular weight is 215 g/mol. The van der Waals surface area contributed by atoms with Crippen LogP contribution in [-0.2, 0) is 11.3 Å². The maximum atomic E-state index is 9.26. The third-order valence-electron chi connectivity index (χ3n) is 2.35. The highest BCUT2D eigenvalue weighted by atomic mass is 16.5. The Balaban J connectivity index is 2.53. The molecule has 2 rings (SSSR count). The predicted octanol–water partition coefficient (Wildman–Crippen LogP) is 1.43. The number of aromatic nitrogens is 1. The van der Waals surface area contributed by atoms with E-state index in [1.165, 1.54) is 0 Å². The summed E-state index contributed by atoms with van der Waals surface area (Å²) >= 11 is 0. The summed E-state index contributed by atoms with van der Waals surface area (Å²) < 4.78 is 6.85. The molecule has 0 fully saturated rings. The second-order valence-electron chi connectivity index (χ2n) is 3.41. The van der Waals surface area contributed by atoms with E-state index < -0.39 is 0 Å². The highest BCUT2D eigenvalue weighted by molar-refractivity contribution is 5.57. The normalized spacial score (nSPS) is 10.1. The Morgan fingerprint density at radius 2 is 2.31 bits per heavy atom. The summed E-state index contributed by atoms with van der Waals surface area (Å²) in [6.07, 6.45) is 1.94. The van der Waals surface area contributed by atoms with Crippen molar-refractivity contribution in [3.63, 3.8) is 0 Å². The van der Waals surface area contributed by atoms with Crippen LogP contribution < -0.4 is 0 Å². The minimum absolute atomic E-state index is 0.00131. The molecule has 82 valence electrons. The van der Waals surface area contributed by atoms with E-state index in [9.17, 15) is 5.11 Å². The molecule has 2 heterocycles.